The lowest BCUT2D eigenvalue weighted by molar-refractivity contribution is 0.480. The van der Waals surface area contributed by atoms with Gasteiger partial charge >= 0.3 is 0 Å². The van der Waals surface area contributed by atoms with Gasteiger partial charge in [0.05, 0.1) is 5.52 Å². The Labute approximate surface area is 130 Å². The van der Waals surface area contributed by atoms with E-state index in [2.05, 4.69) is 18.2 Å². The van der Waals surface area contributed by atoms with E-state index in [1.54, 1.807) is 0 Å². The number of nitrogens with zero attached hydrogens (tertiary/aromatic N) is 1. The van der Waals surface area contributed by atoms with Gasteiger partial charge in [0, 0.05) is 16.6 Å². The lowest BCUT2D eigenvalue weighted by atomic mass is 10.0. The fraction of sp³-hybridized carbons (Fsp3) is 0.250. The first-order valence-electron chi connectivity index (χ1n) is 8.05. The lowest BCUT2D eigenvalue weighted by Crippen LogP contribution is -2.01. The number of ether oxygens (including phenoxy) is 1. The number of aromatic nitrogens is 1. The first-order chi connectivity index (χ1) is 10.9. The molecule has 2 aromatic carbocycles. The number of hydrogen-bond acceptors (Lipinski definition) is 2. The van der Waals surface area contributed by atoms with Crippen LogP contribution < -0.4 is 4.74 Å². The van der Waals surface area contributed by atoms with Crippen molar-refractivity contribution in [2.75, 3.05) is 0 Å². The van der Waals surface area contributed by atoms with Crippen LogP contribution in [0.4, 0.5) is 0 Å². The number of rotatable bonds is 2. The van der Waals surface area contributed by atoms with Crippen molar-refractivity contribution in [1.82, 2.24) is 4.98 Å². The zero-order valence-electron chi connectivity index (χ0n) is 12.6. The third-order valence-corrected chi connectivity index (χ3v) is 4.33. The summed E-state index contributed by atoms with van der Waals surface area (Å²) in [4.78, 5) is 4.90. The zero-order valence-corrected chi connectivity index (χ0v) is 12.6. The number of pyridine rings is 1. The van der Waals surface area contributed by atoms with Crippen LogP contribution in [-0.4, -0.2) is 4.98 Å². The second kappa shape index (κ2) is 5.80. The summed E-state index contributed by atoms with van der Waals surface area (Å²) in [5, 5.41) is 1.12. The predicted molar refractivity (Wildman–Crippen MR) is 89.5 cm³/mol. The Balaban J connectivity index is 1.91. The van der Waals surface area contributed by atoms with Gasteiger partial charge in [-0.05, 0) is 49.9 Å². The fourth-order valence-corrected chi connectivity index (χ4v) is 3.23. The Morgan fingerprint density at radius 1 is 0.773 bits per heavy atom. The van der Waals surface area contributed by atoms with Crippen LogP contribution in [0.5, 0.6) is 11.5 Å². The van der Waals surface area contributed by atoms with Crippen molar-refractivity contribution in [1.29, 1.82) is 0 Å². The van der Waals surface area contributed by atoms with Crippen LogP contribution in [0.15, 0.2) is 54.6 Å². The molecule has 0 radical (unpaired) electrons. The molecule has 2 heteroatoms. The van der Waals surface area contributed by atoms with E-state index in [4.69, 9.17) is 9.72 Å². The van der Waals surface area contributed by atoms with Gasteiger partial charge in [0.15, 0.2) is 0 Å². The lowest BCUT2D eigenvalue weighted by Gasteiger charge is -2.16. The van der Waals surface area contributed by atoms with Gasteiger partial charge in [-0.1, -0.05) is 36.8 Å². The van der Waals surface area contributed by atoms with Gasteiger partial charge in [-0.25, -0.2) is 0 Å². The Morgan fingerprint density at radius 3 is 2.45 bits per heavy atom. The Kier molecular flexibility index (Phi) is 3.51. The first kappa shape index (κ1) is 13.3. The monoisotopic (exact) mass is 289 g/mol. The van der Waals surface area contributed by atoms with Crippen molar-refractivity contribution in [2.24, 2.45) is 0 Å². The van der Waals surface area contributed by atoms with Crippen LogP contribution in [-0.2, 0) is 12.8 Å². The highest BCUT2D eigenvalue weighted by Crippen LogP contribution is 2.37. The topological polar surface area (TPSA) is 22.1 Å². The molecule has 1 heterocycles. The van der Waals surface area contributed by atoms with Crippen molar-refractivity contribution in [3.05, 3.63) is 65.9 Å². The van der Waals surface area contributed by atoms with Crippen LogP contribution in [0.1, 0.15) is 30.5 Å². The van der Waals surface area contributed by atoms with Crippen LogP contribution in [0.2, 0.25) is 0 Å². The van der Waals surface area contributed by atoms with Crippen LogP contribution in [0, 0.1) is 0 Å². The highest BCUT2D eigenvalue weighted by atomic mass is 16.5. The molecule has 1 aliphatic carbocycles. The van der Waals surface area contributed by atoms with Crippen molar-refractivity contribution < 1.29 is 4.74 Å². The molecule has 0 saturated heterocycles. The summed E-state index contributed by atoms with van der Waals surface area (Å²) >= 11 is 0. The molecule has 0 amide bonds. The number of para-hydroxylation sites is 2. The smallest absolute Gasteiger partial charge is 0.141 e. The van der Waals surface area contributed by atoms with E-state index in [1.165, 1.54) is 30.5 Å². The number of hydrogen-bond donors (Lipinski definition) is 0. The molecule has 4 rings (SSSR count). The Hall–Kier alpha value is -2.35. The molecule has 1 aromatic heterocycles. The van der Waals surface area contributed by atoms with Gasteiger partial charge in [0.1, 0.15) is 11.5 Å². The maximum absolute atomic E-state index is 6.31. The summed E-state index contributed by atoms with van der Waals surface area (Å²) in [6, 6.07) is 18.4. The molecule has 3 aromatic rings. The average molecular weight is 289 g/mol. The maximum atomic E-state index is 6.31. The first-order valence-corrected chi connectivity index (χ1v) is 8.05. The van der Waals surface area contributed by atoms with Gasteiger partial charge in [-0.3, -0.25) is 4.98 Å². The molecule has 0 fully saturated rings. The summed E-state index contributed by atoms with van der Waals surface area (Å²) in [6.07, 6.45) is 5.85. The van der Waals surface area contributed by atoms with Gasteiger partial charge < -0.3 is 4.74 Å². The molecule has 1 aliphatic rings. The molecule has 0 atom stereocenters. The molecule has 22 heavy (non-hydrogen) atoms. The van der Waals surface area contributed by atoms with E-state index in [0.29, 0.717) is 0 Å². The molecule has 0 unspecified atom stereocenters. The highest BCUT2D eigenvalue weighted by Gasteiger charge is 2.18. The fourth-order valence-electron chi connectivity index (χ4n) is 3.23. The summed E-state index contributed by atoms with van der Waals surface area (Å²) in [5.74, 6) is 1.90. The predicted octanol–water partition coefficient (Wildman–Crippen LogP) is 5.30. The van der Waals surface area contributed by atoms with E-state index in [0.717, 1.165) is 35.2 Å². The molecular formula is C20H19NO. The normalized spacial score (nSPS) is 14.4. The third-order valence-electron chi connectivity index (χ3n) is 4.33. The molecule has 0 spiro atoms. The minimum absolute atomic E-state index is 0.894. The maximum Gasteiger partial charge on any atom is 0.141 e. The van der Waals surface area contributed by atoms with E-state index < -0.39 is 0 Å². The molecule has 0 aliphatic heterocycles. The van der Waals surface area contributed by atoms with Crippen LogP contribution in [0.3, 0.4) is 0 Å². The molecule has 110 valence electrons. The number of aryl methyl sites for hydroxylation is 1. The molecular weight excluding hydrogens is 270 g/mol. The minimum Gasteiger partial charge on any atom is -0.456 e. The SMILES string of the molecule is c1ccc(Oc2c3c(nc4ccccc24)CCCCC3)cc1. The number of fused-ring (bicyclic) bond motifs is 2. The molecule has 2 nitrogen and oxygen atoms in total. The van der Waals surface area contributed by atoms with E-state index in [9.17, 15) is 0 Å². The minimum atomic E-state index is 0.894. The third kappa shape index (κ3) is 2.45. The van der Waals surface area contributed by atoms with Crippen molar-refractivity contribution in [2.45, 2.75) is 32.1 Å². The second-order valence-corrected chi connectivity index (χ2v) is 5.86. The molecule has 0 saturated carbocycles. The summed E-state index contributed by atoms with van der Waals surface area (Å²) in [6.45, 7) is 0. The summed E-state index contributed by atoms with van der Waals surface area (Å²) < 4.78 is 6.31. The Bertz CT molecular complexity index is 795. The summed E-state index contributed by atoms with van der Waals surface area (Å²) in [5.41, 5.74) is 3.57. The average Bonchev–Trinajstić information content (AvgIpc) is 2.81. The van der Waals surface area contributed by atoms with E-state index >= 15 is 0 Å². The van der Waals surface area contributed by atoms with Gasteiger partial charge in [0.2, 0.25) is 0 Å². The molecule has 0 N–H and O–H groups in total. The van der Waals surface area contributed by atoms with Crippen molar-refractivity contribution in [3.63, 3.8) is 0 Å². The van der Waals surface area contributed by atoms with E-state index in [-0.39, 0.29) is 0 Å². The van der Waals surface area contributed by atoms with Crippen molar-refractivity contribution in [3.8, 4) is 11.5 Å². The Morgan fingerprint density at radius 2 is 1.55 bits per heavy atom. The van der Waals surface area contributed by atoms with Crippen molar-refractivity contribution >= 4 is 10.9 Å². The number of benzene rings is 2. The standard InChI is InChI=1S/C20H19NO/c1-3-9-15(10-4-1)22-20-16-11-5-2-6-13-18(16)21-19-14-8-7-12-17(19)20/h1,3-4,7-10,12,14H,2,5-6,11,13H2. The van der Waals surface area contributed by atoms with Gasteiger partial charge in [-0.2, -0.15) is 0 Å². The zero-order chi connectivity index (χ0) is 14.8. The quantitative estimate of drug-likeness (QED) is 0.597. The molecule has 0 bridgehead atoms. The largest absolute Gasteiger partial charge is 0.456 e. The van der Waals surface area contributed by atoms with E-state index in [1.807, 2.05) is 36.4 Å². The van der Waals surface area contributed by atoms with Gasteiger partial charge in [0.25, 0.3) is 0 Å². The van der Waals surface area contributed by atoms with Crippen LogP contribution in [0.25, 0.3) is 10.9 Å². The van der Waals surface area contributed by atoms with Gasteiger partial charge in [-0.15, -0.1) is 0 Å². The summed E-state index contributed by atoms with van der Waals surface area (Å²) in [7, 11) is 0. The van der Waals surface area contributed by atoms with Crippen LogP contribution >= 0.6 is 0 Å². The second-order valence-electron chi connectivity index (χ2n) is 5.86. The highest BCUT2D eigenvalue weighted by molar-refractivity contribution is 5.87.